The van der Waals surface area contributed by atoms with Crippen LogP contribution < -0.4 is 10.6 Å². The highest BCUT2D eigenvalue weighted by atomic mass is 19.1. The van der Waals surface area contributed by atoms with E-state index in [1.54, 1.807) is 0 Å². The van der Waals surface area contributed by atoms with Gasteiger partial charge in [0.15, 0.2) is 5.82 Å². The van der Waals surface area contributed by atoms with E-state index in [2.05, 4.69) is 55.3 Å². The Bertz CT molecular complexity index is 1400. The normalized spacial score (nSPS) is 21.1. The van der Waals surface area contributed by atoms with E-state index in [1.165, 1.54) is 22.9 Å². The highest BCUT2D eigenvalue weighted by Gasteiger charge is 2.31. The van der Waals surface area contributed by atoms with Gasteiger partial charge in [-0.25, -0.2) is 19.3 Å². The molecule has 0 amide bonds. The van der Waals surface area contributed by atoms with Crippen LogP contribution in [-0.4, -0.2) is 57.7 Å². The monoisotopic (exact) mass is 540 g/mol. The van der Waals surface area contributed by atoms with E-state index >= 15 is 4.39 Å². The van der Waals surface area contributed by atoms with Crippen molar-refractivity contribution in [1.82, 2.24) is 25.2 Å². The van der Waals surface area contributed by atoms with Crippen LogP contribution in [0.25, 0.3) is 17.3 Å². The first-order valence-electron chi connectivity index (χ1n) is 14.4. The maximum atomic E-state index is 15.1. The maximum absolute atomic E-state index is 15.1. The Morgan fingerprint density at radius 3 is 2.77 bits per heavy atom. The molecule has 2 aromatic heterocycles. The zero-order chi connectivity index (χ0) is 27.5. The average Bonchev–Trinajstić information content (AvgIpc) is 3.37. The molecule has 0 spiro atoms. The predicted octanol–water partition coefficient (Wildman–Crippen LogP) is 4.90. The quantitative estimate of drug-likeness (QED) is 0.368. The summed E-state index contributed by atoms with van der Waals surface area (Å²) in [5.41, 5.74) is 7.05. The van der Waals surface area contributed by atoms with Crippen molar-refractivity contribution in [3.05, 3.63) is 83.0 Å². The van der Waals surface area contributed by atoms with Gasteiger partial charge in [-0.15, -0.1) is 0 Å². The fourth-order valence-corrected chi connectivity index (χ4v) is 6.49. The minimum absolute atomic E-state index is 0.239. The average molecular weight is 541 g/mol. The third-order valence-electron chi connectivity index (χ3n) is 8.67. The molecule has 2 aliphatic carbocycles. The number of halogens is 1. The van der Waals surface area contributed by atoms with Gasteiger partial charge in [-0.05, 0) is 84.4 Å². The van der Waals surface area contributed by atoms with Crippen molar-refractivity contribution in [3.8, 4) is 11.3 Å². The van der Waals surface area contributed by atoms with Crippen LogP contribution in [0.5, 0.6) is 0 Å². The third-order valence-corrected chi connectivity index (χ3v) is 8.67. The second-order valence-corrected chi connectivity index (χ2v) is 11.1. The van der Waals surface area contributed by atoms with E-state index in [0.717, 1.165) is 76.0 Å². The molecule has 1 aromatic carbocycles. The van der Waals surface area contributed by atoms with Gasteiger partial charge in [0, 0.05) is 51.1 Å². The molecular weight excluding hydrogens is 503 g/mol. The van der Waals surface area contributed by atoms with E-state index in [9.17, 15) is 5.11 Å². The van der Waals surface area contributed by atoms with Crippen LogP contribution in [0.3, 0.4) is 0 Å². The molecule has 2 fully saturated rings. The lowest BCUT2D eigenvalue weighted by Gasteiger charge is -2.27. The van der Waals surface area contributed by atoms with Crippen LogP contribution in [0.4, 0.5) is 16.2 Å². The lowest BCUT2D eigenvalue weighted by atomic mass is 9.82. The Kier molecular flexibility index (Phi) is 8.00. The van der Waals surface area contributed by atoms with Gasteiger partial charge in [0.25, 0.3) is 0 Å². The summed E-state index contributed by atoms with van der Waals surface area (Å²) in [7, 11) is 0. The summed E-state index contributed by atoms with van der Waals surface area (Å²) < 4.78 is 15.1. The Labute approximate surface area is 235 Å². The van der Waals surface area contributed by atoms with Gasteiger partial charge in [0.1, 0.15) is 11.5 Å². The number of piperazine rings is 1. The third kappa shape index (κ3) is 5.70. The molecule has 208 valence electrons. The van der Waals surface area contributed by atoms with Crippen molar-refractivity contribution in [2.24, 2.45) is 11.8 Å². The highest BCUT2D eigenvalue weighted by Crippen LogP contribution is 2.42. The predicted molar refractivity (Wildman–Crippen MR) is 157 cm³/mol. The molecule has 1 unspecified atom stereocenters. The van der Waals surface area contributed by atoms with Gasteiger partial charge in [-0.2, -0.15) is 0 Å². The molecule has 1 saturated carbocycles. The lowest BCUT2D eigenvalue weighted by Crippen LogP contribution is -2.42. The molecule has 8 heteroatoms. The molecule has 3 N–H and O–H groups in total. The summed E-state index contributed by atoms with van der Waals surface area (Å²) >= 11 is 0. The zero-order valence-corrected chi connectivity index (χ0v) is 22.9. The number of nitrogens with one attached hydrogen (secondary N) is 2. The number of aromatic nitrogens is 3. The summed E-state index contributed by atoms with van der Waals surface area (Å²) in [5, 5.41) is 16.4. The molecule has 2 atom stereocenters. The van der Waals surface area contributed by atoms with Crippen LogP contribution in [-0.2, 0) is 19.4 Å². The summed E-state index contributed by atoms with van der Waals surface area (Å²) in [6.45, 7) is 9.25. The molecule has 1 aliphatic heterocycles. The van der Waals surface area contributed by atoms with E-state index in [1.807, 2.05) is 24.4 Å². The Balaban J connectivity index is 1.23. The second kappa shape index (κ2) is 12.0. The molecule has 0 bridgehead atoms. The van der Waals surface area contributed by atoms with E-state index in [4.69, 9.17) is 0 Å². The zero-order valence-electron chi connectivity index (χ0n) is 22.9. The van der Waals surface area contributed by atoms with Gasteiger partial charge in [-0.3, -0.25) is 4.90 Å². The number of aliphatic hydroxyl groups is 1. The van der Waals surface area contributed by atoms with E-state index in [-0.39, 0.29) is 12.3 Å². The first-order valence-corrected chi connectivity index (χ1v) is 14.4. The Morgan fingerprint density at radius 1 is 1.12 bits per heavy atom. The lowest BCUT2D eigenvalue weighted by molar-refractivity contribution is 0.197. The number of aliphatic hydroxyl groups excluding tert-OH is 1. The maximum Gasteiger partial charge on any atom is 0.229 e. The van der Waals surface area contributed by atoms with Gasteiger partial charge in [-0.1, -0.05) is 30.4 Å². The number of allylic oxidation sites excluding steroid dienone is 2. The largest absolute Gasteiger partial charge is 0.396 e. The van der Waals surface area contributed by atoms with Gasteiger partial charge < -0.3 is 15.7 Å². The highest BCUT2D eigenvalue weighted by molar-refractivity contribution is 5.70. The molecular formula is C32H37FN6O. The van der Waals surface area contributed by atoms with Crippen LogP contribution in [0, 0.1) is 17.7 Å². The Morgan fingerprint density at radius 2 is 2.00 bits per heavy atom. The van der Waals surface area contributed by atoms with Crippen LogP contribution >= 0.6 is 0 Å². The van der Waals surface area contributed by atoms with Crippen molar-refractivity contribution < 1.29 is 9.50 Å². The minimum Gasteiger partial charge on any atom is -0.396 e. The number of hydrogen-bond donors (Lipinski definition) is 3. The molecule has 1 saturated heterocycles. The van der Waals surface area contributed by atoms with Crippen LogP contribution in [0.15, 0.2) is 54.9 Å². The molecule has 3 aliphatic rings. The Hall–Kier alpha value is -3.46. The van der Waals surface area contributed by atoms with Gasteiger partial charge in [0.05, 0.1) is 6.20 Å². The molecule has 7 nitrogen and oxygen atoms in total. The van der Waals surface area contributed by atoms with Crippen LogP contribution in [0.2, 0.25) is 0 Å². The molecule has 3 heterocycles. The minimum atomic E-state index is -0.469. The molecule has 6 rings (SSSR count). The summed E-state index contributed by atoms with van der Waals surface area (Å²) in [5.74, 6) is 1.21. The number of rotatable bonds is 7. The van der Waals surface area contributed by atoms with E-state index in [0.29, 0.717) is 29.2 Å². The fourth-order valence-electron chi connectivity index (χ4n) is 6.49. The van der Waals surface area contributed by atoms with Gasteiger partial charge >= 0.3 is 0 Å². The van der Waals surface area contributed by atoms with Crippen molar-refractivity contribution in [1.29, 1.82) is 0 Å². The van der Waals surface area contributed by atoms with Gasteiger partial charge in [0.2, 0.25) is 5.95 Å². The number of aryl methyl sites for hydroxylation is 1. The molecule has 0 radical (unpaired) electrons. The smallest absolute Gasteiger partial charge is 0.229 e. The van der Waals surface area contributed by atoms with Crippen molar-refractivity contribution in [2.45, 2.75) is 38.6 Å². The fraction of sp³-hybridized carbons (Fsp3) is 0.406. The first-order chi connectivity index (χ1) is 19.6. The second-order valence-electron chi connectivity index (χ2n) is 11.1. The SMILES string of the molecule is C=Cc1cc(-c2nc(Nc3ccc(CN4CCNCC4)cn3)ncc2F)cc2c1CC=C1CC[C@@H](CO)C1CC2. The number of fused-ring (bicyclic) bond motifs is 2. The van der Waals surface area contributed by atoms with E-state index < -0.39 is 5.82 Å². The number of hydrogen-bond acceptors (Lipinski definition) is 7. The van der Waals surface area contributed by atoms with Crippen molar-refractivity contribution >= 4 is 17.8 Å². The molecule has 3 aromatic rings. The summed E-state index contributed by atoms with van der Waals surface area (Å²) in [4.78, 5) is 15.7. The standard InChI is InChI=1S/C32H37FN6O/c1-2-22-15-26(16-24-7-9-28-23(6-8-27(22)24)4-5-25(28)20-40)31-29(33)18-36-32(38-31)37-30-10-3-21(17-35-30)19-39-13-11-34-12-14-39/h2-3,6,10,15-18,25,28,34,40H,1,4-5,7-9,11-14,19-20H2,(H,35,36,37,38)/t25-,28?/m0/s1. The molecule has 40 heavy (non-hydrogen) atoms. The number of anilines is 2. The van der Waals surface area contributed by atoms with Crippen molar-refractivity contribution in [2.75, 3.05) is 38.1 Å². The summed E-state index contributed by atoms with van der Waals surface area (Å²) in [6.07, 6.45) is 12.1. The van der Waals surface area contributed by atoms with Crippen molar-refractivity contribution in [3.63, 3.8) is 0 Å². The number of nitrogens with zero attached hydrogens (tertiary/aromatic N) is 4. The number of benzene rings is 1. The first kappa shape index (κ1) is 26.7. The summed E-state index contributed by atoms with van der Waals surface area (Å²) in [6, 6.07) is 8.02. The topological polar surface area (TPSA) is 86.2 Å². The van der Waals surface area contributed by atoms with Crippen LogP contribution in [0.1, 0.15) is 41.5 Å². The number of pyridine rings is 1.